The van der Waals surface area contributed by atoms with Crippen LogP contribution in [0.3, 0.4) is 0 Å². The molecule has 0 unspecified atom stereocenters. The molecular weight excluding hydrogens is 1790 g/mol. The second-order valence-electron chi connectivity index (χ2n) is 42.5. The van der Waals surface area contributed by atoms with Crippen molar-refractivity contribution in [2.45, 2.75) is 77.0 Å². The van der Waals surface area contributed by atoms with Crippen LogP contribution in [-0.2, 0) is 21.7 Å². The van der Waals surface area contributed by atoms with Gasteiger partial charge in [-0.1, -0.05) is 450 Å². The molecule has 704 valence electrons. The summed E-state index contributed by atoms with van der Waals surface area (Å²) in [6.07, 6.45) is 0. The van der Waals surface area contributed by atoms with Crippen molar-refractivity contribution in [3.8, 4) is 89.0 Å². The maximum Gasteiger partial charge on any atom is 0.137 e. The second kappa shape index (κ2) is 34.9. The summed E-state index contributed by atoms with van der Waals surface area (Å²) in [4.78, 5) is 7.42. The van der Waals surface area contributed by atoms with Gasteiger partial charge in [0.2, 0.25) is 0 Å². The van der Waals surface area contributed by atoms with Crippen LogP contribution < -0.4 is 14.7 Å². The van der Waals surface area contributed by atoms with Crippen molar-refractivity contribution in [2.24, 2.45) is 0 Å². The summed E-state index contributed by atoms with van der Waals surface area (Å²) in [5.74, 6) is 0. The van der Waals surface area contributed by atoms with Gasteiger partial charge in [0.25, 0.3) is 0 Å². The van der Waals surface area contributed by atoms with Crippen LogP contribution in [0.2, 0.25) is 0 Å². The molecule has 148 heavy (non-hydrogen) atoms. The van der Waals surface area contributed by atoms with E-state index in [1.54, 1.807) is 0 Å². The molecule has 0 N–H and O–H groups in total. The van der Waals surface area contributed by atoms with Crippen LogP contribution in [0.25, 0.3) is 176 Å². The number of hydrogen-bond acceptors (Lipinski definition) is 4. The molecule has 24 aromatic carbocycles. The van der Waals surface area contributed by atoms with Crippen molar-refractivity contribution < 1.29 is 4.42 Å². The number of fused-ring (bicyclic) bond motifs is 21. The number of furan rings is 1. The van der Waals surface area contributed by atoms with Crippen LogP contribution in [0.5, 0.6) is 0 Å². The van der Waals surface area contributed by atoms with E-state index in [0.29, 0.717) is 0 Å². The maximum absolute atomic E-state index is 6.47. The van der Waals surface area contributed by atoms with Crippen molar-refractivity contribution in [3.63, 3.8) is 0 Å². The van der Waals surface area contributed by atoms with E-state index in [1.807, 2.05) is 12.1 Å². The van der Waals surface area contributed by atoms with Gasteiger partial charge in [0.05, 0.1) is 17.1 Å². The first-order valence-electron chi connectivity index (χ1n) is 51.9. The number of hydrogen-bond donors (Lipinski definition) is 0. The summed E-state index contributed by atoms with van der Waals surface area (Å²) < 4.78 is 6.47. The summed E-state index contributed by atoms with van der Waals surface area (Å²) in [6, 6.07) is 185. The molecule has 0 saturated heterocycles. The first kappa shape index (κ1) is 88.9. The lowest BCUT2D eigenvalue weighted by atomic mass is 9.82. The minimum atomic E-state index is -0.115. The highest BCUT2D eigenvalue weighted by atomic mass is 16.3. The Morgan fingerprint density at radius 3 is 0.919 bits per heavy atom. The van der Waals surface area contributed by atoms with Crippen molar-refractivity contribution in [2.75, 3.05) is 14.7 Å². The molecule has 1 heterocycles. The Morgan fingerprint density at radius 2 is 0.439 bits per heavy atom. The van der Waals surface area contributed by atoms with E-state index >= 15 is 0 Å². The van der Waals surface area contributed by atoms with Crippen LogP contribution in [0.1, 0.15) is 99.9 Å². The SMILES string of the molecule is CC1(C)c2ccccc2-c2cc(N(c3ccc(-c4ccccc4)cc3)c3ccc4ccccc4c3-c3cccc4ccccc34)ccc21.CC1(C)c2ccccc2-c2cc(N(c3ccc4c(c3)C(C)(C)c3ccccc3-4)c3ccc4ccccc4c3-c3cccc4ccccc34)ccc21.CC1(C)c2ccccc2-c2cc(N(c3ccc4c(c3)oc3ccccc34)c3ccc4ccccc4c3-c3ccc4ccccc4c3)ccc21. The molecule has 0 atom stereocenters. The summed E-state index contributed by atoms with van der Waals surface area (Å²) in [6.45, 7) is 18.8. The Morgan fingerprint density at radius 1 is 0.149 bits per heavy atom. The zero-order valence-electron chi connectivity index (χ0n) is 84.2. The van der Waals surface area contributed by atoms with Gasteiger partial charge in [0.15, 0.2) is 0 Å². The Hall–Kier alpha value is -18.0. The standard InChI is InChI=1S/C50H39N.C47H33NO.C47H35N/c1-49(2)44-23-12-10-20-39(44)42-30-34(26-28-45(42)49)51(35-25-27-40-38-19-9-11-22-43(38)50(3,4)46(40)31-35)47-29-24-33-15-6-8-18-37(33)48(47)41-21-13-16-32-14-5-7-17-36(32)41;1-47(2)41-17-9-7-15-37(41)40-28-34(23-25-42(40)47)48(35-22-24-39-38-16-8-10-18-44(38)49-45(39)29-35)43-26-21-31-12-5-6-14-36(31)46(43)33-20-19-30-11-3-4-13-32(30)27-33;1-47(2)43-22-11-10-20-40(43)42-31-37(28-29-44(42)47)48(36-26-23-33(24-27-36)32-13-4-3-5-14-32)45-30-25-35-16-7-9-19-39(35)46(45)41-21-12-17-34-15-6-8-18-38(34)41/h5-31H,1-4H3;3-29H,1-2H3;3-31H,1-2H3. The van der Waals surface area contributed by atoms with Crippen molar-refractivity contribution in [1.29, 1.82) is 0 Å². The molecule has 0 bridgehead atoms. The molecule has 29 rings (SSSR count). The van der Waals surface area contributed by atoms with Gasteiger partial charge >= 0.3 is 0 Å². The fourth-order valence-electron chi connectivity index (χ4n) is 25.4. The predicted octanol–water partition coefficient (Wildman–Crippen LogP) is 40.2. The molecule has 4 nitrogen and oxygen atoms in total. The Balaban J connectivity index is 0.000000110. The lowest BCUT2D eigenvalue weighted by Gasteiger charge is -2.31. The van der Waals surface area contributed by atoms with Gasteiger partial charge in [-0.05, 0) is 285 Å². The number of rotatable bonds is 13. The molecule has 0 amide bonds. The molecule has 4 heteroatoms. The summed E-state index contributed by atoms with van der Waals surface area (Å²) in [7, 11) is 0. The minimum Gasteiger partial charge on any atom is -0.456 e. The van der Waals surface area contributed by atoms with Gasteiger partial charge in [-0.2, -0.15) is 0 Å². The molecule has 4 aliphatic carbocycles. The number of para-hydroxylation sites is 1. The molecule has 0 radical (unpaired) electrons. The first-order valence-corrected chi connectivity index (χ1v) is 51.9. The largest absolute Gasteiger partial charge is 0.456 e. The summed E-state index contributed by atoms with van der Waals surface area (Å²) >= 11 is 0. The maximum atomic E-state index is 6.47. The summed E-state index contributed by atoms with van der Waals surface area (Å²) in [5.41, 5.74) is 43.0. The number of anilines is 9. The van der Waals surface area contributed by atoms with Crippen molar-refractivity contribution in [3.05, 3.63) is 548 Å². The molecule has 0 fully saturated rings. The number of nitrogens with zero attached hydrogens (tertiary/aromatic N) is 3. The van der Waals surface area contributed by atoms with Crippen LogP contribution >= 0.6 is 0 Å². The van der Waals surface area contributed by atoms with E-state index in [-0.39, 0.29) is 21.7 Å². The van der Waals surface area contributed by atoms with E-state index in [0.717, 1.165) is 67.4 Å². The highest BCUT2D eigenvalue weighted by Crippen LogP contribution is 2.60. The molecule has 0 spiro atoms. The highest BCUT2D eigenvalue weighted by Gasteiger charge is 2.42. The fraction of sp³-hybridized carbons (Fsp3) is 0.0833. The minimum absolute atomic E-state index is 0.0519. The third-order valence-electron chi connectivity index (χ3n) is 32.8. The fourth-order valence-corrected chi connectivity index (χ4v) is 25.4. The molecule has 0 saturated carbocycles. The van der Waals surface area contributed by atoms with E-state index < -0.39 is 0 Å². The van der Waals surface area contributed by atoms with Gasteiger partial charge in [-0.15, -0.1) is 0 Å². The normalized spacial score (nSPS) is 13.6. The quantitative estimate of drug-likeness (QED) is 0.115. The van der Waals surface area contributed by atoms with E-state index in [1.165, 1.54) is 204 Å². The Kier molecular flexibility index (Phi) is 21.0. The Bertz CT molecular complexity index is 9700. The van der Waals surface area contributed by atoms with Gasteiger partial charge in [-0.25, -0.2) is 0 Å². The van der Waals surface area contributed by atoms with Crippen LogP contribution in [0.15, 0.2) is 508 Å². The van der Waals surface area contributed by atoms with Gasteiger partial charge in [0, 0.05) is 89.3 Å². The van der Waals surface area contributed by atoms with Gasteiger partial charge in [0.1, 0.15) is 11.2 Å². The lowest BCUT2D eigenvalue weighted by Crippen LogP contribution is -2.17. The zero-order chi connectivity index (χ0) is 99.4. The average Bonchev–Trinajstić information content (AvgIpc) is 1.53. The van der Waals surface area contributed by atoms with E-state index in [9.17, 15) is 0 Å². The highest BCUT2D eigenvalue weighted by molar-refractivity contribution is 6.16. The van der Waals surface area contributed by atoms with Crippen molar-refractivity contribution in [1.82, 2.24) is 0 Å². The summed E-state index contributed by atoms with van der Waals surface area (Å²) in [5, 5.41) is 17.1. The van der Waals surface area contributed by atoms with Crippen LogP contribution in [0.4, 0.5) is 51.2 Å². The van der Waals surface area contributed by atoms with E-state index in [4.69, 9.17) is 4.42 Å². The first-order chi connectivity index (χ1) is 72.4. The van der Waals surface area contributed by atoms with Crippen molar-refractivity contribution >= 4 is 138 Å². The lowest BCUT2D eigenvalue weighted by molar-refractivity contribution is 0.660. The smallest absolute Gasteiger partial charge is 0.137 e. The monoisotopic (exact) mass is 1890 g/mol. The topological polar surface area (TPSA) is 22.9 Å². The third-order valence-corrected chi connectivity index (χ3v) is 32.8. The molecule has 4 aliphatic rings. The van der Waals surface area contributed by atoms with Crippen LogP contribution in [0, 0.1) is 0 Å². The molecule has 0 aliphatic heterocycles. The van der Waals surface area contributed by atoms with Crippen LogP contribution in [-0.4, -0.2) is 0 Å². The molecular formula is C144H107N3O. The molecule has 1 aromatic heterocycles. The molecule has 25 aromatic rings. The zero-order valence-corrected chi connectivity index (χ0v) is 84.2. The Labute approximate surface area is 864 Å². The number of benzene rings is 24. The third kappa shape index (κ3) is 14.5. The van der Waals surface area contributed by atoms with E-state index in [2.05, 4.69) is 561 Å². The van der Waals surface area contributed by atoms with Gasteiger partial charge in [-0.3, -0.25) is 0 Å². The second-order valence-corrected chi connectivity index (χ2v) is 42.5. The predicted molar refractivity (Wildman–Crippen MR) is 628 cm³/mol. The van der Waals surface area contributed by atoms with Gasteiger partial charge < -0.3 is 19.1 Å². The average molecular weight is 1900 g/mol.